The minimum atomic E-state index is -4.41. The van der Waals surface area contributed by atoms with Crippen molar-refractivity contribution in [3.05, 3.63) is 35.4 Å². The molecule has 0 saturated carbocycles. The molecule has 1 N–H and O–H groups in total. The van der Waals surface area contributed by atoms with E-state index in [0.717, 1.165) is 6.07 Å². The van der Waals surface area contributed by atoms with Gasteiger partial charge in [0.2, 0.25) is 0 Å². The van der Waals surface area contributed by atoms with E-state index >= 15 is 0 Å². The summed E-state index contributed by atoms with van der Waals surface area (Å²) in [6.45, 7) is 1.54. The van der Waals surface area contributed by atoms with Crippen molar-refractivity contribution in [2.75, 3.05) is 0 Å². The Morgan fingerprint density at radius 2 is 1.94 bits per heavy atom. The van der Waals surface area contributed by atoms with Crippen LogP contribution in [0.4, 0.5) is 13.2 Å². The smallest absolute Gasteiger partial charge is 0.378 e. The van der Waals surface area contributed by atoms with Crippen molar-refractivity contribution < 1.29 is 18.3 Å². The molecule has 2 nitrogen and oxygen atoms in total. The third-order valence-electron chi connectivity index (χ3n) is 2.54. The molecular formula is C12H12F3NO. The summed E-state index contributed by atoms with van der Waals surface area (Å²) in [6, 6.07) is 6.81. The zero-order chi connectivity index (χ0) is 13.1. The number of hydrogen-bond acceptors (Lipinski definition) is 2. The number of alkyl halides is 3. The molecule has 0 spiro atoms. The first kappa shape index (κ1) is 13.5. The predicted octanol–water partition coefficient (Wildman–Crippen LogP) is 2.77. The lowest BCUT2D eigenvalue weighted by Gasteiger charge is -2.17. The lowest BCUT2D eigenvalue weighted by molar-refractivity contribution is -0.138. The fourth-order valence-electron chi connectivity index (χ4n) is 1.56. The third-order valence-corrected chi connectivity index (χ3v) is 2.54. The van der Waals surface area contributed by atoms with Crippen molar-refractivity contribution >= 4 is 0 Å². The third kappa shape index (κ3) is 3.46. The molecule has 0 radical (unpaired) electrons. The Morgan fingerprint density at radius 1 is 1.35 bits per heavy atom. The number of halogens is 3. The van der Waals surface area contributed by atoms with E-state index in [2.05, 4.69) is 0 Å². The molecule has 1 unspecified atom stereocenters. The maximum atomic E-state index is 12.7. The second-order valence-corrected chi connectivity index (χ2v) is 3.91. The van der Waals surface area contributed by atoms with E-state index in [1.54, 1.807) is 13.0 Å². The zero-order valence-corrected chi connectivity index (χ0v) is 9.20. The number of nitrogens with zero attached hydrogens (tertiary/aromatic N) is 1. The second-order valence-electron chi connectivity index (χ2n) is 3.91. The molecule has 2 atom stereocenters. The highest BCUT2D eigenvalue weighted by Gasteiger charge is 2.33. The van der Waals surface area contributed by atoms with Gasteiger partial charge in [0.15, 0.2) is 0 Å². The van der Waals surface area contributed by atoms with Crippen molar-refractivity contribution in [3.8, 4) is 6.07 Å². The lowest BCUT2D eigenvalue weighted by atomic mass is 9.93. The lowest BCUT2D eigenvalue weighted by Crippen LogP contribution is -2.19. The van der Waals surface area contributed by atoms with E-state index in [0.29, 0.717) is 0 Å². The Bertz CT molecular complexity index is 422. The summed E-state index contributed by atoms with van der Waals surface area (Å²) in [5.74, 6) is -0.538. The van der Waals surface area contributed by atoms with E-state index in [4.69, 9.17) is 5.26 Å². The van der Waals surface area contributed by atoms with Gasteiger partial charge in [-0.15, -0.1) is 0 Å². The molecule has 1 rings (SSSR count). The summed E-state index contributed by atoms with van der Waals surface area (Å²) < 4.78 is 38.0. The number of nitriles is 1. The summed E-state index contributed by atoms with van der Waals surface area (Å²) in [4.78, 5) is 0. The molecule has 0 heterocycles. The molecule has 17 heavy (non-hydrogen) atoms. The molecule has 0 aliphatic carbocycles. The van der Waals surface area contributed by atoms with Gasteiger partial charge in [-0.05, 0) is 24.0 Å². The van der Waals surface area contributed by atoms with Crippen LogP contribution in [0.25, 0.3) is 0 Å². The molecule has 0 saturated heterocycles. The number of benzene rings is 1. The number of rotatable bonds is 3. The molecule has 0 fully saturated rings. The Hall–Kier alpha value is -1.54. The summed E-state index contributed by atoms with van der Waals surface area (Å²) in [5.41, 5.74) is -0.612. The minimum absolute atomic E-state index is 0.0183. The average molecular weight is 243 g/mol. The van der Waals surface area contributed by atoms with Gasteiger partial charge in [0.1, 0.15) is 6.10 Å². The maximum Gasteiger partial charge on any atom is 0.416 e. The zero-order valence-electron chi connectivity index (χ0n) is 9.20. The summed E-state index contributed by atoms with van der Waals surface area (Å²) in [7, 11) is 0. The quantitative estimate of drug-likeness (QED) is 0.829. The van der Waals surface area contributed by atoms with Crippen LogP contribution in [0.15, 0.2) is 24.3 Å². The van der Waals surface area contributed by atoms with E-state index in [1.807, 2.05) is 0 Å². The Labute approximate surface area is 97.3 Å². The van der Waals surface area contributed by atoms with Crippen LogP contribution in [-0.2, 0) is 12.6 Å². The highest BCUT2D eigenvalue weighted by atomic mass is 19.4. The van der Waals surface area contributed by atoms with Crippen LogP contribution in [0, 0.1) is 17.2 Å². The summed E-state index contributed by atoms with van der Waals surface area (Å²) >= 11 is 0. The molecule has 1 aromatic carbocycles. The van der Waals surface area contributed by atoms with Crippen LogP contribution in [0.2, 0.25) is 0 Å². The Balaban J connectivity index is 2.96. The average Bonchev–Trinajstić information content (AvgIpc) is 2.27. The standard InChI is InChI=1S/C12H12F3NO/c1-8(11(17)7-16)6-9-4-2-3-5-10(9)12(13,14)15/h2-5,8,11,17H,6H2,1H3/t8-,11?/m1/s1. The summed E-state index contributed by atoms with van der Waals surface area (Å²) in [5, 5.41) is 17.7. The van der Waals surface area contributed by atoms with Crippen LogP contribution in [0.5, 0.6) is 0 Å². The molecule has 92 valence electrons. The normalized spacial score (nSPS) is 15.1. The van der Waals surface area contributed by atoms with Gasteiger partial charge < -0.3 is 5.11 Å². The number of hydrogen-bond donors (Lipinski definition) is 1. The topological polar surface area (TPSA) is 44.0 Å². The SMILES string of the molecule is C[C@H](Cc1ccccc1C(F)(F)F)C(O)C#N. The van der Waals surface area contributed by atoms with Crippen LogP contribution in [0.3, 0.4) is 0 Å². The van der Waals surface area contributed by atoms with Crippen LogP contribution >= 0.6 is 0 Å². The van der Waals surface area contributed by atoms with E-state index in [1.165, 1.54) is 18.2 Å². The summed E-state index contributed by atoms with van der Waals surface area (Å²) in [6.07, 6.45) is -5.64. The van der Waals surface area contributed by atoms with Gasteiger partial charge in [0, 0.05) is 0 Å². The van der Waals surface area contributed by atoms with Gasteiger partial charge >= 0.3 is 6.18 Å². The van der Waals surface area contributed by atoms with Crippen molar-refractivity contribution in [3.63, 3.8) is 0 Å². The monoisotopic (exact) mass is 243 g/mol. The highest BCUT2D eigenvalue weighted by molar-refractivity contribution is 5.30. The molecule has 0 aromatic heterocycles. The van der Waals surface area contributed by atoms with Crippen molar-refractivity contribution in [2.45, 2.75) is 25.6 Å². The first-order valence-corrected chi connectivity index (χ1v) is 5.09. The number of aliphatic hydroxyl groups excluding tert-OH is 1. The second kappa shape index (κ2) is 5.19. The van der Waals surface area contributed by atoms with Gasteiger partial charge in [-0.3, -0.25) is 0 Å². The fraction of sp³-hybridized carbons (Fsp3) is 0.417. The van der Waals surface area contributed by atoms with Crippen LogP contribution in [-0.4, -0.2) is 11.2 Å². The minimum Gasteiger partial charge on any atom is -0.378 e. The van der Waals surface area contributed by atoms with Crippen molar-refractivity contribution in [1.82, 2.24) is 0 Å². The van der Waals surface area contributed by atoms with Crippen molar-refractivity contribution in [1.29, 1.82) is 5.26 Å². The molecule has 0 aliphatic heterocycles. The molecule has 0 aliphatic rings. The van der Waals surface area contributed by atoms with Gasteiger partial charge in [0.05, 0.1) is 11.6 Å². The largest absolute Gasteiger partial charge is 0.416 e. The number of aliphatic hydroxyl groups is 1. The van der Waals surface area contributed by atoms with Crippen LogP contribution in [0.1, 0.15) is 18.1 Å². The Kier molecular flexibility index (Phi) is 4.13. The van der Waals surface area contributed by atoms with Gasteiger partial charge in [-0.25, -0.2) is 0 Å². The molecule has 0 bridgehead atoms. The molecule has 1 aromatic rings. The van der Waals surface area contributed by atoms with Crippen LogP contribution < -0.4 is 0 Å². The highest BCUT2D eigenvalue weighted by Crippen LogP contribution is 2.33. The maximum absolute atomic E-state index is 12.7. The van der Waals surface area contributed by atoms with Gasteiger partial charge in [0.25, 0.3) is 0 Å². The van der Waals surface area contributed by atoms with Crippen molar-refractivity contribution in [2.24, 2.45) is 5.92 Å². The van der Waals surface area contributed by atoms with E-state index in [9.17, 15) is 18.3 Å². The first-order chi connectivity index (χ1) is 7.86. The van der Waals surface area contributed by atoms with Gasteiger partial charge in [-0.1, -0.05) is 25.1 Å². The fourth-order valence-corrected chi connectivity index (χ4v) is 1.56. The molecule has 5 heteroatoms. The predicted molar refractivity (Wildman–Crippen MR) is 55.9 cm³/mol. The molecule has 0 amide bonds. The first-order valence-electron chi connectivity index (χ1n) is 5.09. The Morgan fingerprint density at radius 3 is 2.47 bits per heavy atom. The van der Waals surface area contributed by atoms with Gasteiger partial charge in [-0.2, -0.15) is 18.4 Å². The van der Waals surface area contributed by atoms with E-state index < -0.39 is 23.8 Å². The molecular weight excluding hydrogens is 231 g/mol. The van der Waals surface area contributed by atoms with E-state index in [-0.39, 0.29) is 12.0 Å².